The summed E-state index contributed by atoms with van der Waals surface area (Å²) in [6.07, 6.45) is 2.13. The fraction of sp³-hybridized carbons (Fsp3) is 0.412. The molecule has 8 nitrogen and oxygen atoms in total. The first-order valence-corrected chi connectivity index (χ1v) is 8.13. The molecule has 1 aromatic carbocycles. The van der Waals surface area contributed by atoms with Crippen molar-refractivity contribution in [1.82, 2.24) is 25.2 Å². The van der Waals surface area contributed by atoms with Crippen LogP contribution >= 0.6 is 0 Å². The Morgan fingerprint density at radius 1 is 1.32 bits per heavy atom. The minimum absolute atomic E-state index is 0.194. The van der Waals surface area contributed by atoms with Crippen LogP contribution in [0.1, 0.15) is 31.1 Å². The number of nitrogens with one attached hydrogen (secondary N) is 1. The fourth-order valence-electron chi connectivity index (χ4n) is 2.69. The highest BCUT2D eigenvalue weighted by Crippen LogP contribution is 2.18. The molecule has 1 N–H and O–H groups in total. The van der Waals surface area contributed by atoms with Crippen molar-refractivity contribution in [3.05, 3.63) is 41.7 Å². The summed E-state index contributed by atoms with van der Waals surface area (Å²) in [6.45, 7) is 4.20. The number of methoxy groups -OCH3 is 1. The van der Waals surface area contributed by atoms with Crippen LogP contribution in [-0.4, -0.2) is 45.0 Å². The lowest BCUT2D eigenvalue weighted by Gasteiger charge is -2.13. The molecule has 0 unspecified atom stereocenters. The second-order valence-corrected chi connectivity index (χ2v) is 6.27. The summed E-state index contributed by atoms with van der Waals surface area (Å²) in [5, 5.41) is 10.8. The van der Waals surface area contributed by atoms with Crippen molar-refractivity contribution in [2.24, 2.45) is 0 Å². The molecule has 3 rings (SSSR count). The summed E-state index contributed by atoms with van der Waals surface area (Å²) in [5.41, 5.74) is 1.50. The SMILES string of the molecule is COc1cccc(CN2C(=O)N[C@@H](Cc3cn(C(C)C)nn3)C2=O)c1. The number of imide groups is 1. The van der Waals surface area contributed by atoms with Crippen LogP contribution in [0.5, 0.6) is 5.75 Å². The molecule has 0 saturated carbocycles. The van der Waals surface area contributed by atoms with Crippen LogP contribution in [0.3, 0.4) is 0 Å². The van der Waals surface area contributed by atoms with Gasteiger partial charge in [0.15, 0.2) is 0 Å². The Labute approximate surface area is 145 Å². The Balaban J connectivity index is 1.68. The zero-order valence-electron chi connectivity index (χ0n) is 14.5. The van der Waals surface area contributed by atoms with Gasteiger partial charge in [-0.1, -0.05) is 17.3 Å². The van der Waals surface area contributed by atoms with Crippen LogP contribution in [0.25, 0.3) is 0 Å². The second-order valence-electron chi connectivity index (χ2n) is 6.27. The number of urea groups is 1. The van der Waals surface area contributed by atoms with Gasteiger partial charge in [0.1, 0.15) is 11.8 Å². The number of nitrogens with zero attached hydrogens (tertiary/aromatic N) is 4. The Kier molecular flexibility index (Phi) is 4.69. The molecular formula is C17H21N5O3. The van der Waals surface area contributed by atoms with E-state index in [9.17, 15) is 9.59 Å². The van der Waals surface area contributed by atoms with E-state index in [0.29, 0.717) is 17.9 Å². The first kappa shape index (κ1) is 16.9. The van der Waals surface area contributed by atoms with Crippen molar-refractivity contribution < 1.29 is 14.3 Å². The van der Waals surface area contributed by atoms with Gasteiger partial charge in [-0.3, -0.25) is 9.69 Å². The lowest BCUT2D eigenvalue weighted by molar-refractivity contribution is -0.127. The molecule has 8 heteroatoms. The summed E-state index contributed by atoms with van der Waals surface area (Å²) < 4.78 is 6.90. The molecule has 0 aliphatic carbocycles. The third-order valence-corrected chi connectivity index (χ3v) is 4.08. The lowest BCUT2D eigenvalue weighted by atomic mass is 10.1. The monoisotopic (exact) mass is 343 g/mol. The first-order valence-electron chi connectivity index (χ1n) is 8.13. The van der Waals surface area contributed by atoms with Gasteiger partial charge in [0.2, 0.25) is 0 Å². The Bertz CT molecular complexity index is 786. The summed E-state index contributed by atoms with van der Waals surface area (Å²) in [6, 6.07) is 6.49. The summed E-state index contributed by atoms with van der Waals surface area (Å²) in [4.78, 5) is 26.0. The Morgan fingerprint density at radius 2 is 2.12 bits per heavy atom. The molecule has 0 bridgehead atoms. The zero-order valence-corrected chi connectivity index (χ0v) is 14.5. The van der Waals surface area contributed by atoms with Gasteiger partial charge in [-0.2, -0.15) is 0 Å². The Hall–Kier alpha value is -2.90. The standard InChI is InChI=1S/C17H21N5O3/c1-11(2)22-10-13(19-20-22)8-15-16(23)21(17(24)18-15)9-12-5-4-6-14(7-12)25-3/h4-7,10-11,15H,8-9H2,1-3H3,(H,18,24)/t15-/m0/s1. The average Bonchev–Trinajstić information content (AvgIpc) is 3.16. The molecule has 1 aliphatic rings. The van der Waals surface area contributed by atoms with Crippen LogP contribution in [0, 0.1) is 0 Å². The van der Waals surface area contributed by atoms with Crippen LogP contribution in [0.2, 0.25) is 0 Å². The zero-order chi connectivity index (χ0) is 18.0. The number of amides is 3. The minimum Gasteiger partial charge on any atom is -0.497 e. The van der Waals surface area contributed by atoms with Gasteiger partial charge in [0.25, 0.3) is 5.91 Å². The van der Waals surface area contributed by atoms with E-state index >= 15 is 0 Å². The summed E-state index contributed by atoms with van der Waals surface area (Å²) in [7, 11) is 1.58. The highest BCUT2D eigenvalue weighted by molar-refractivity contribution is 6.04. The molecule has 132 valence electrons. The quantitative estimate of drug-likeness (QED) is 0.804. The largest absolute Gasteiger partial charge is 0.497 e. The van der Waals surface area contributed by atoms with Crippen molar-refractivity contribution in [3.63, 3.8) is 0 Å². The van der Waals surface area contributed by atoms with Gasteiger partial charge in [0.05, 0.1) is 19.3 Å². The molecule has 1 fully saturated rings. The van der Waals surface area contributed by atoms with Crippen molar-refractivity contribution in [2.75, 3.05) is 7.11 Å². The number of carbonyl (C=O) groups is 2. The Morgan fingerprint density at radius 3 is 2.80 bits per heavy atom. The molecule has 2 heterocycles. The molecular weight excluding hydrogens is 322 g/mol. The smallest absolute Gasteiger partial charge is 0.325 e. The number of hydrogen-bond acceptors (Lipinski definition) is 5. The number of benzene rings is 1. The minimum atomic E-state index is -0.615. The van der Waals surface area contributed by atoms with Gasteiger partial charge in [-0.05, 0) is 31.5 Å². The number of carbonyl (C=O) groups excluding carboxylic acids is 2. The maximum absolute atomic E-state index is 12.6. The molecule has 3 amide bonds. The summed E-state index contributed by atoms with van der Waals surface area (Å²) in [5.74, 6) is 0.429. The van der Waals surface area contributed by atoms with E-state index in [1.165, 1.54) is 4.90 Å². The molecule has 1 atom stereocenters. The third kappa shape index (κ3) is 3.62. The fourth-order valence-corrected chi connectivity index (χ4v) is 2.69. The van der Waals surface area contributed by atoms with E-state index in [0.717, 1.165) is 5.56 Å². The van der Waals surface area contributed by atoms with E-state index in [2.05, 4.69) is 15.6 Å². The van der Waals surface area contributed by atoms with Gasteiger partial charge >= 0.3 is 6.03 Å². The average molecular weight is 343 g/mol. The van der Waals surface area contributed by atoms with E-state index < -0.39 is 12.1 Å². The van der Waals surface area contributed by atoms with E-state index in [1.54, 1.807) is 18.0 Å². The maximum atomic E-state index is 12.6. The maximum Gasteiger partial charge on any atom is 0.325 e. The molecule has 25 heavy (non-hydrogen) atoms. The number of hydrogen-bond donors (Lipinski definition) is 1. The van der Waals surface area contributed by atoms with Gasteiger partial charge in [0, 0.05) is 18.7 Å². The van der Waals surface area contributed by atoms with E-state index in [1.807, 2.05) is 38.1 Å². The molecule has 1 aliphatic heterocycles. The van der Waals surface area contributed by atoms with Crippen molar-refractivity contribution in [2.45, 2.75) is 38.9 Å². The molecule has 0 spiro atoms. The normalized spacial score (nSPS) is 17.3. The lowest BCUT2D eigenvalue weighted by Crippen LogP contribution is -2.32. The van der Waals surface area contributed by atoms with Gasteiger partial charge in [-0.15, -0.1) is 5.10 Å². The number of rotatable bonds is 6. The number of aromatic nitrogens is 3. The first-order chi connectivity index (χ1) is 12.0. The third-order valence-electron chi connectivity index (χ3n) is 4.08. The molecule has 0 radical (unpaired) electrons. The van der Waals surface area contributed by atoms with E-state index in [-0.39, 0.29) is 18.5 Å². The molecule has 1 saturated heterocycles. The van der Waals surface area contributed by atoms with Crippen LogP contribution in [0.4, 0.5) is 4.79 Å². The highest BCUT2D eigenvalue weighted by atomic mass is 16.5. The van der Waals surface area contributed by atoms with Crippen LogP contribution in [0.15, 0.2) is 30.5 Å². The van der Waals surface area contributed by atoms with E-state index in [4.69, 9.17) is 4.74 Å². The predicted octanol–water partition coefficient (Wildman–Crippen LogP) is 1.53. The highest BCUT2D eigenvalue weighted by Gasteiger charge is 2.38. The van der Waals surface area contributed by atoms with Gasteiger partial charge in [-0.25, -0.2) is 9.48 Å². The van der Waals surface area contributed by atoms with Crippen molar-refractivity contribution in [3.8, 4) is 5.75 Å². The molecule has 2 aromatic rings. The van der Waals surface area contributed by atoms with Crippen molar-refractivity contribution in [1.29, 1.82) is 0 Å². The van der Waals surface area contributed by atoms with Crippen molar-refractivity contribution >= 4 is 11.9 Å². The van der Waals surface area contributed by atoms with Crippen LogP contribution in [-0.2, 0) is 17.8 Å². The van der Waals surface area contributed by atoms with Gasteiger partial charge < -0.3 is 10.1 Å². The topological polar surface area (TPSA) is 89.3 Å². The van der Waals surface area contributed by atoms with Crippen LogP contribution < -0.4 is 10.1 Å². The summed E-state index contributed by atoms with van der Waals surface area (Å²) >= 11 is 0. The molecule has 1 aromatic heterocycles. The second kappa shape index (κ2) is 6.92. The number of ether oxygens (including phenoxy) is 1. The predicted molar refractivity (Wildman–Crippen MR) is 90.0 cm³/mol.